The molecule has 3 atom stereocenters. The van der Waals surface area contributed by atoms with Crippen LogP contribution in [0.25, 0.3) is 0 Å². The van der Waals surface area contributed by atoms with Gasteiger partial charge in [-0.15, -0.1) is 0 Å². The Morgan fingerprint density at radius 2 is 2.20 bits per heavy atom. The summed E-state index contributed by atoms with van der Waals surface area (Å²) < 4.78 is 11.6. The standard InChI is InChI=1S/C16H23NO3/c1-11-3-4-16-13(5-11)6-14(20-16)7-17-8-15(9-18)19-10-12(17)2/h3-5,12,14-15,18H,6-10H2,1-2H3. The summed E-state index contributed by atoms with van der Waals surface area (Å²) in [4.78, 5) is 2.37. The second-order valence-corrected chi connectivity index (χ2v) is 6.00. The molecule has 0 spiro atoms. The molecule has 20 heavy (non-hydrogen) atoms. The van der Waals surface area contributed by atoms with E-state index in [9.17, 15) is 5.11 Å². The molecule has 0 amide bonds. The van der Waals surface area contributed by atoms with Crippen LogP contribution in [0.15, 0.2) is 18.2 Å². The minimum atomic E-state index is -0.0581. The van der Waals surface area contributed by atoms with Crippen molar-refractivity contribution in [3.05, 3.63) is 29.3 Å². The van der Waals surface area contributed by atoms with E-state index >= 15 is 0 Å². The fourth-order valence-corrected chi connectivity index (χ4v) is 3.05. The first-order chi connectivity index (χ1) is 9.65. The minimum absolute atomic E-state index is 0.0581. The fourth-order valence-electron chi connectivity index (χ4n) is 3.05. The molecule has 1 fully saturated rings. The van der Waals surface area contributed by atoms with Crippen LogP contribution in [0.5, 0.6) is 5.75 Å². The lowest BCUT2D eigenvalue weighted by Gasteiger charge is -2.38. The Bertz CT molecular complexity index is 477. The summed E-state index contributed by atoms with van der Waals surface area (Å²) in [6.07, 6.45) is 1.13. The molecule has 2 aliphatic heterocycles. The van der Waals surface area contributed by atoms with Gasteiger partial charge < -0.3 is 14.6 Å². The van der Waals surface area contributed by atoms with Gasteiger partial charge >= 0.3 is 0 Å². The predicted octanol–water partition coefficient (Wildman–Crippen LogP) is 1.38. The number of nitrogens with zero attached hydrogens (tertiary/aromatic N) is 1. The van der Waals surface area contributed by atoms with Gasteiger partial charge in [-0.05, 0) is 25.5 Å². The van der Waals surface area contributed by atoms with E-state index in [-0.39, 0.29) is 18.8 Å². The Labute approximate surface area is 120 Å². The van der Waals surface area contributed by atoms with Gasteiger partial charge in [-0.2, -0.15) is 0 Å². The van der Waals surface area contributed by atoms with Gasteiger partial charge in [0.25, 0.3) is 0 Å². The summed E-state index contributed by atoms with van der Waals surface area (Å²) >= 11 is 0. The van der Waals surface area contributed by atoms with E-state index in [1.54, 1.807) is 0 Å². The number of ether oxygens (including phenoxy) is 2. The van der Waals surface area contributed by atoms with Crippen molar-refractivity contribution in [1.82, 2.24) is 4.90 Å². The summed E-state index contributed by atoms with van der Waals surface area (Å²) in [5.74, 6) is 1.03. The Hall–Kier alpha value is -1.10. The molecule has 1 aromatic carbocycles. The molecule has 4 heteroatoms. The molecule has 0 bridgehead atoms. The van der Waals surface area contributed by atoms with Crippen molar-refractivity contribution in [3.8, 4) is 5.75 Å². The first-order valence-corrected chi connectivity index (χ1v) is 7.38. The van der Waals surface area contributed by atoms with Crippen LogP contribution in [-0.2, 0) is 11.2 Å². The number of aliphatic hydroxyl groups is 1. The van der Waals surface area contributed by atoms with Crippen LogP contribution >= 0.6 is 0 Å². The van der Waals surface area contributed by atoms with Crippen molar-refractivity contribution in [1.29, 1.82) is 0 Å². The van der Waals surface area contributed by atoms with Gasteiger partial charge in [0, 0.05) is 25.6 Å². The Morgan fingerprint density at radius 1 is 1.35 bits per heavy atom. The molecule has 0 saturated carbocycles. The van der Waals surface area contributed by atoms with Crippen molar-refractivity contribution < 1.29 is 14.6 Å². The van der Waals surface area contributed by atoms with Crippen LogP contribution in [0, 0.1) is 6.92 Å². The Kier molecular flexibility index (Phi) is 3.96. The molecule has 110 valence electrons. The average Bonchev–Trinajstić information content (AvgIpc) is 2.82. The number of rotatable bonds is 3. The molecular weight excluding hydrogens is 254 g/mol. The van der Waals surface area contributed by atoms with Crippen LogP contribution in [0.4, 0.5) is 0 Å². The molecule has 1 saturated heterocycles. The average molecular weight is 277 g/mol. The lowest BCUT2D eigenvalue weighted by molar-refractivity contribution is -0.0840. The number of morpholine rings is 1. The van der Waals surface area contributed by atoms with Gasteiger partial charge in [-0.25, -0.2) is 0 Å². The first-order valence-electron chi connectivity index (χ1n) is 7.38. The van der Waals surface area contributed by atoms with Gasteiger partial charge in [0.2, 0.25) is 0 Å². The third-order valence-corrected chi connectivity index (χ3v) is 4.23. The Morgan fingerprint density at radius 3 is 3.00 bits per heavy atom. The fraction of sp³-hybridized carbons (Fsp3) is 0.625. The molecule has 0 aromatic heterocycles. The first kappa shape index (κ1) is 13.9. The van der Waals surface area contributed by atoms with E-state index < -0.39 is 0 Å². The quantitative estimate of drug-likeness (QED) is 0.906. The molecule has 3 rings (SSSR count). The maximum absolute atomic E-state index is 9.25. The summed E-state index contributed by atoms with van der Waals surface area (Å²) in [5, 5.41) is 9.25. The van der Waals surface area contributed by atoms with Gasteiger partial charge in [0.1, 0.15) is 11.9 Å². The molecule has 3 unspecified atom stereocenters. The van der Waals surface area contributed by atoms with Crippen molar-refractivity contribution in [2.75, 3.05) is 26.3 Å². The maximum Gasteiger partial charge on any atom is 0.123 e. The van der Waals surface area contributed by atoms with Crippen LogP contribution in [0.1, 0.15) is 18.1 Å². The summed E-state index contributed by atoms with van der Waals surface area (Å²) in [6, 6.07) is 6.77. The largest absolute Gasteiger partial charge is 0.488 e. The molecule has 2 aliphatic rings. The van der Waals surface area contributed by atoms with Gasteiger partial charge in [0.05, 0.1) is 19.3 Å². The lowest BCUT2D eigenvalue weighted by Crippen LogP contribution is -2.52. The highest BCUT2D eigenvalue weighted by Gasteiger charge is 2.31. The van der Waals surface area contributed by atoms with Crippen LogP contribution in [-0.4, -0.2) is 54.6 Å². The zero-order valence-corrected chi connectivity index (χ0v) is 12.2. The second kappa shape index (κ2) is 5.72. The number of fused-ring (bicyclic) bond motifs is 1. The number of hydrogen-bond acceptors (Lipinski definition) is 4. The third-order valence-electron chi connectivity index (χ3n) is 4.23. The highest BCUT2D eigenvalue weighted by molar-refractivity contribution is 5.40. The molecule has 2 heterocycles. The van der Waals surface area contributed by atoms with E-state index in [0.717, 1.165) is 25.3 Å². The van der Waals surface area contributed by atoms with Crippen LogP contribution < -0.4 is 4.74 Å². The summed E-state index contributed by atoms with van der Waals surface area (Å²) in [5.41, 5.74) is 2.60. The smallest absolute Gasteiger partial charge is 0.123 e. The number of aliphatic hydroxyl groups excluding tert-OH is 1. The zero-order chi connectivity index (χ0) is 14.1. The van der Waals surface area contributed by atoms with E-state index in [1.165, 1.54) is 11.1 Å². The lowest BCUT2D eigenvalue weighted by atomic mass is 10.1. The number of benzene rings is 1. The maximum atomic E-state index is 9.25. The molecule has 1 aromatic rings. The molecular formula is C16H23NO3. The summed E-state index contributed by atoms with van der Waals surface area (Å²) in [6.45, 7) is 6.74. The normalized spacial score (nSPS) is 30.1. The van der Waals surface area contributed by atoms with Crippen molar-refractivity contribution >= 4 is 0 Å². The monoisotopic (exact) mass is 277 g/mol. The number of aryl methyl sites for hydroxylation is 1. The van der Waals surface area contributed by atoms with E-state index in [0.29, 0.717) is 12.6 Å². The topological polar surface area (TPSA) is 41.9 Å². The Balaban J connectivity index is 1.62. The van der Waals surface area contributed by atoms with Gasteiger partial charge in [-0.3, -0.25) is 4.90 Å². The number of hydrogen-bond donors (Lipinski definition) is 1. The van der Waals surface area contributed by atoms with Gasteiger partial charge in [0.15, 0.2) is 0 Å². The van der Waals surface area contributed by atoms with Gasteiger partial charge in [-0.1, -0.05) is 17.7 Å². The minimum Gasteiger partial charge on any atom is -0.488 e. The van der Waals surface area contributed by atoms with Crippen LogP contribution in [0.2, 0.25) is 0 Å². The third kappa shape index (κ3) is 2.82. The molecule has 1 N–H and O–H groups in total. The molecule has 4 nitrogen and oxygen atoms in total. The summed E-state index contributed by atoms with van der Waals surface area (Å²) in [7, 11) is 0. The molecule has 0 aliphatic carbocycles. The molecule has 0 radical (unpaired) electrons. The predicted molar refractivity (Wildman–Crippen MR) is 77.2 cm³/mol. The van der Waals surface area contributed by atoms with E-state index in [1.807, 2.05) is 0 Å². The van der Waals surface area contributed by atoms with Crippen LogP contribution in [0.3, 0.4) is 0 Å². The van der Waals surface area contributed by atoms with Crippen molar-refractivity contribution in [2.45, 2.75) is 38.5 Å². The van der Waals surface area contributed by atoms with E-state index in [4.69, 9.17) is 9.47 Å². The zero-order valence-electron chi connectivity index (χ0n) is 12.2. The highest BCUT2D eigenvalue weighted by atomic mass is 16.5. The van der Waals surface area contributed by atoms with Crippen molar-refractivity contribution in [2.24, 2.45) is 0 Å². The highest BCUT2D eigenvalue weighted by Crippen LogP contribution is 2.30. The van der Waals surface area contributed by atoms with Crippen molar-refractivity contribution in [3.63, 3.8) is 0 Å². The SMILES string of the molecule is Cc1ccc2c(c1)CC(CN1CC(CO)OCC1C)O2. The second-order valence-electron chi connectivity index (χ2n) is 6.00. The van der Waals surface area contributed by atoms with E-state index in [2.05, 4.69) is 36.9 Å².